The lowest BCUT2D eigenvalue weighted by Gasteiger charge is -2.10. The van der Waals surface area contributed by atoms with Gasteiger partial charge in [0.25, 0.3) is 6.43 Å². The van der Waals surface area contributed by atoms with E-state index < -0.39 is 6.43 Å². The first-order valence-corrected chi connectivity index (χ1v) is 6.70. The topological polar surface area (TPSA) is 12.0 Å². The standard InChI is InChI=1S/C14H11F3IN/c15-11-4-5-13(12(18)7-11)19-8-9-2-1-3-10(6-9)14(16)17/h1-7,14,19H,8H2. The normalized spacial score (nSPS) is 10.8. The molecule has 0 saturated carbocycles. The Labute approximate surface area is 123 Å². The van der Waals surface area contributed by atoms with Gasteiger partial charge < -0.3 is 5.32 Å². The number of alkyl halides is 2. The molecule has 5 heteroatoms. The van der Waals surface area contributed by atoms with E-state index in [1.165, 1.54) is 24.3 Å². The molecule has 2 rings (SSSR count). The van der Waals surface area contributed by atoms with Gasteiger partial charge in [0.05, 0.1) is 0 Å². The second-order valence-corrected chi connectivity index (χ2v) is 5.19. The summed E-state index contributed by atoms with van der Waals surface area (Å²) in [4.78, 5) is 0. The van der Waals surface area contributed by atoms with Crippen LogP contribution in [0, 0.1) is 9.39 Å². The van der Waals surface area contributed by atoms with Crippen LogP contribution in [0.5, 0.6) is 0 Å². The first-order chi connectivity index (χ1) is 9.06. The average molecular weight is 377 g/mol. The molecule has 100 valence electrons. The maximum Gasteiger partial charge on any atom is 0.263 e. The van der Waals surface area contributed by atoms with Crippen LogP contribution in [0.15, 0.2) is 42.5 Å². The number of halogens is 4. The fourth-order valence-corrected chi connectivity index (χ4v) is 2.34. The SMILES string of the molecule is Fc1ccc(NCc2cccc(C(F)F)c2)c(I)c1. The molecule has 0 aromatic heterocycles. The van der Waals surface area contributed by atoms with E-state index in [1.807, 2.05) is 22.6 Å². The third-order valence-electron chi connectivity index (χ3n) is 2.62. The summed E-state index contributed by atoms with van der Waals surface area (Å²) in [7, 11) is 0. The molecule has 2 aromatic carbocycles. The van der Waals surface area contributed by atoms with Gasteiger partial charge in [-0.3, -0.25) is 0 Å². The molecule has 0 saturated heterocycles. The Morgan fingerprint density at radius 1 is 1.11 bits per heavy atom. The van der Waals surface area contributed by atoms with Crippen molar-refractivity contribution in [2.45, 2.75) is 13.0 Å². The van der Waals surface area contributed by atoms with Crippen molar-refractivity contribution in [1.29, 1.82) is 0 Å². The highest BCUT2D eigenvalue weighted by molar-refractivity contribution is 14.1. The van der Waals surface area contributed by atoms with E-state index in [0.29, 0.717) is 6.54 Å². The van der Waals surface area contributed by atoms with Crippen LogP contribution in [-0.4, -0.2) is 0 Å². The molecule has 0 unspecified atom stereocenters. The lowest BCUT2D eigenvalue weighted by Crippen LogP contribution is -2.02. The predicted molar refractivity (Wildman–Crippen MR) is 77.8 cm³/mol. The number of hydrogen-bond acceptors (Lipinski definition) is 1. The Morgan fingerprint density at radius 2 is 1.89 bits per heavy atom. The maximum absolute atomic E-state index is 12.9. The van der Waals surface area contributed by atoms with Gasteiger partial charge in [-0.2, -0.15) is 0 Å². The lowest BCUT2D eigenvalue weighted by atomic mass is 10.1. The van der Waals surface area contributed by atoms with Crippen molar-refractivity contribution in [3.63, 3.8) is 0 Å². The molecule has 0 spiro atoms. The fraction of sp³-hybridized carbons (Fsp3) is 0.143. The minimum atomic E-state index is -2.47. The molecule has 1 nitrogen and oxygen atoms in total. The summed E-state index contributed by atoms with van der Waals surface area (Å²) in [6, 6.07) is 10.7. The molecular weight excluding hydrogens is 366 g/mol. The molecule has 0 fully saturated rings. The Kier molecular flexibility index (Phi) is 4.68. The summed E-state index contributed by atoms with van der Waals surface area (Å²) < 4.78 is 38.8. The lowest BCUT2D eigenvalue weighted by molar-refractivity contribution is 0.151. The molecule has 0 amide bonds. The molecule has 0 aliphatic heterocycles. The van der Waals surface area contributed by atoms with Gasteiger partial charge in [-0.05, 0) is 52.4 Å². The van der Waals surface area contributed by atoms with Gasteiger partial charge in [0, 0.05) is 21.4 Å². The second-order valence-electron chi connectivity index (χ2n) is 4.02. The van der Waals surface area contributed by atoms with E-state index in [9.17, 15) is 13.2 Å². The zero-order valence-electron chi connectivity index (χ0n) is 9.84. The number of hydrogen-bond donors (Lipinski definition) is 1. The van der Waals surface area contributed by atoms with Crippen molar-refractivity contribution >= 4 is 28.3 Å². The van der Waals surface area contributed by atoms with Crippen molar-refractivity contribution in [1.82, 2.24) is 0 Å². The smallest absolute Gasteiger partial charge is 0.263 e. The number of rotatable bonds is 4. The zero-order chi connectivity index (χ0) is 13.8. The molecule has 0 aliphatic rings. The van der Waals surface area contributed by atoms with Crippen molar-refractivity contribution in [3.8, 4) is 0 Å². The Morgan fingerprint density at radius 3 is 2.58 bits per heavy atom. The first kappa shape index (κ1) is 14.2. The summed E-state index contributed by atoms with van der Waals surface area (Å²) in [5, 5.41) is 3.10. The largest absolute Gasteiger partial charge is 0.380 e. The van der Waals surface area contributed by atoms with Crippen molar-refractivity contribution in [3.05, 3.63) is 63.0 Å². The van der Waals surface area contributed by atoms with Crippen molar-refractivity contribution in [2.24, 2.45) is 0 Å². The molecular formula is C14H11F3IN. The molecule has 0 aliphatic carbocycles. The summed E-state index contributed by atoms with van der Waals surface area (Å²) in [6.45, 7) is 0.419. The minimum Gasteiger partial charge on any atom is -0.380 e. The van der Waals surface area contributed by atoms with Crippen LogP contribution in [0.25, 0.3) is 0 Å². The van der Waals surface area contributed by atoms with E-state index in [1.54, 1.807) is 18.2 Å². The zero-order valence-corrected chi connectivity index (χ0v) is 12.0. The summed E-state index contributed by atoms with van der Waals surface area (Å²) in [6.07, 6.45) is -2.47. The molecule has 2 aromatic rings. The van der Waals surface area contributed by atoms with Crippen LogP contribution in [0.4, 0.5) is 18.9 Å². The number of benzene rings is 2. The van der Waals surface area contributed by atoms with Crippen molar-refractivity contribution in [2.75, 3.05) is 5.32 Å². The van der Waals surface area contributed by atoms with E-state index >= 15 is 0 Å². The highest BCUT2D eigenvalue weighted by Crippen LogP contribution is 2.22. The predicted octanol–water partition coefficient (Wildman–Crippen LogP) is 4.98. The van der Waals surface area contributed by atoms with Gasteiger partial charge in [0.2, 0.25) is 0 Å². The minimum absolute atomic E-state index is 0.00750. The van der Waals surface area contributed by atoms with Gasteiger partial charge in [0.15, 0.2) is 0 Å². The average Bonchev–Trinajstić information content (AvgIpc) is 2.38. The maximum atomic E-state index is 12.9. The molecule has 0 radical (unpaired) electrons. The van der Waals surface area contributed by atoms with Crippen LogP contribution in [0.3, 0.4) is 0 Å². The van der Waals surface area contributed by atoms with E-state index in [-0.39, 0.29) is 11.4 Å². The fourth-order valence-electron chi connectivity index (χ4n) is 1.67. The second kappa shape index (κ2) is 6.27. The van der Waals surface area contributed by atoms with Crippen LogP contribution < -0.4 is 5.32 Å². The molecule has 1 N–H and O–H groups in total. The monoisotopic (exact) mass is 377 g/mol. The molecule has 19 heavy (non-hydrogen) atoms. The highest BCUT2D eigenvalue weighted by atomic mass is 127. The van der Waals surface area contributed by atoms with Crippen LogP contribution >= 0.6 is 22.6 Å². The Bertz CT molecular complexity index is 572. The summed E-state index contributed by atoms with van der Waals surface area (Å²) in [5.74, 6) is -0.297. The number of anilines is 1. The first-order valence-electron chi connectivity index (χ1n) is 5.62. The van der Waals surface area contributed by atoms with Gasteiger partial charge in [0.1, 0.15) is 5.82 Å². The van der Waals surface area contributed by atoms with Crippen LogP contribution in [-0.2, 0) is 6.54 Å². The number of nitrogens with one attached hydrogen (secondary N) is 1. The summed E-state index contributed by atoms with van der Waals surface area (Å²) in [5.41, 5.74) is 1.55. The Hall–Kier alpha value is -1.24. The van der Waals surface area contributed by atoms with Gasteiger partial charge >= 0.3 is 0 Å². The van der Waals surface area contributed by atoms with Gasteiger partial charge in [-0.25, -0.2) is 13.2 Å². The molecule has 0 bridgehead atoms. The molecule has 0 atom stereocenters. The van der Waals surface area contributed by atoms with Gasteiger partial charge in [-0.15, -0.1) is 0 Å². The summed E-state index contributed by atoms with van der Waals surface area (Å²) >= 11 is 2.02. The van der Waals surface area contributed by atoms with E-state index in [2.05, 4.69) is 5.32 Å². The van der Waals surface area contributed by atoms with Crippen molar-refractivity contribution < 1.29 is 13.2 Å². The quantitative estimate of drug-likeness (QED) is 0.742. The van der Waals surface area contributed by atoms with E-state index in [4.69, 9.17) is 0 Å². The van der Waals surface area contributed by atoms with Gasteiger partial charge in [-0.1, -0.05) is 18.2 Å². The third kappa shape index (κ3) is 3.86. The third-order valence-corrected chi connectivity index (χ3v) is 3.51. The van der Waals surface area contributed by atoms with Crippen LogP contribution in [0.2, 0.25) is 0 Å². The Balaban J connectivity index is 2.08. The van der Waals surface area contributed by atoms with Crippen LogP contribution in [0.1, 0.15) is 17.6 Å². The molecule has 0 heterocycles. The highest BCUT2D eigenvalue weighted by Gasteiger charge is 2.07. The van der Waals surface area contributed by atoms with E-state index in [0.717, 1.165) is 14.8 Å².